The van der Waals surface area contributed by atoms with Crippen molar-refractivity contribution >= 4 is 75.8 Å². The molecule has 6 heteroatoms. The van der Waals surface area contributed by atoms with Gasteiger partial charge in [-0.25, -0.2) is 0 Å². The molecule has 0 aromatic rings. The third-order valence-corrected chi connectivity index (χ3v) is 6.01. The Kier molecular flexibility index (Phi) is 16.2. The Balaban J connectivity index is 3.59. The molecule has 0 radical (unpaired) electrons. The average molecular weight is 391 g/mol. The summed E-state index contributed by atoms with van der Waals surface area (Å²) >= 11 is 26.9. The van der Waals surface area contributed by atoms with Crippen molar-refractivity contribution in [3.63, 3.8) is 0 Å². The summed E-state index contributed by atoms with van der Waals surface area (Å²) in [6.45, 7) is 0. The van der Waals surface area contributed by atoms with Crippen LogP contribution in [0.1, 0.15) is 51.4 Å². The number of thiol groups is 6. The van der Waals surface area contributed by atoms with Gasteiger partial charge in [0, 0.05) is 21.0 Å². The van der Waals surface area contributed by atoms with E-state index < -0.39 is 0 Å². The monoisotopic (exact) mass is 390 g/mol. The van der Waals surface area contributed by atoms with Crippen LogP contribution in [-0.2, 0) is 0 Å². The van der Waals surface area contributed by atoms with E-state index in [0.29, 0.717) is 21.0 Å². The molecule has 0 saturated carbocycles. The Hall–Kier alpha value is 2.10. The summed E-state index contributed by atoms with van der Waals surface area (Å²) in [5.74, 6) is 1.84. The van der Waals surface area contributed by atoms with Gasteiger partial charge in [0.15, 0.2) is 0 Å². The van der Waals surface area contributed by atoms with Crippen molar-refractivity contribution in [1.29, 1.82) is 0 Å². The summed E-state index contributed by atoms with van der Waals surface area (Å²) in [6.07, 6.45) is 8.99. The molecule has 0 amide bonds. The van der Waals surface area contributed by atoms with Crippen molar-refractivity contribution in [3.8, 4) is 0 Å². The van der Waals surface area contributed by atoms with Crippen molar-refractivity contribution in [2.24, 2.45) is 0 Å². The van der Waals surface area contributed by atoms with Crippen molar-refractivity contribution in [2.75, 3.05) is 11.5 Å². The molecule has 0 aromatic carbocycles. The molecule has 122 valence electrons. The van der Waals surface area contributed by atoms with E-state index in [2.05, 4.69) is 75.8 Å². The first kappa shape index (κ1) is 22.1. The van der Waals surface area contributed by atoms with Crippen LogP contribution in [0.4, 0.5) is 0 Å². The Labute approximate surface area is 158 Å². The number of rotatable bonds is 13. The number of hydrogen-bond acceptors (Lipinski definition) is 6. The van der Waals surface area contributed by atoms with E-state index in [1.54, 1.807) is 0 Å². The van der Waals surface area contributed by atoms with E-state index in [9.17, 15) is 0 Å². The SMILES string of the molecule is SCCC(S)CCC(S)CCC(S)CCC(S)CCS. The van der Waals surface area contributed by atoms with Crippen LogP contribution in [0.2, 0.25) is 0 Å². The standard InChI is InChI=1S/C14H30S6/c15-9-7-13(19)5-3-11(17)1-2-12(18)4-6-14(20)8-10-16/h11-20H,1-10H2. The highest BCUT2D eigenvalue weighted by atomic mass is 32.1. The predicted molar refractivity (Wildman–Crippen MR) is 116 cm³/mol. The summed E-state index contributed by atoms with van der Waals surface area (Å²) in [5, 5.41) is 1.90. The molecule has 0 saturated heterocycles. The van der Waals surface area contributed by atoms with Crippen LogP contribution >= 0.6 is 75.8 Å². The first-order chi connectivity index (χ1) is 9.49. The Morgan fingerprint density at radius 3 is 0.800 bits per heavy atom. The van der Waals surface area contributed by atoms with Gasteiger partial charge in [-0.15, -0.1) is 0 Å². The van der Waals surface area contributed by atoms with Crippen LogP contribution < -0.4 is 0 Å². The van der Waals surface area contributed by atoms with Crippen molar-refractivity contribution in [2.45, 2.75) is 72.4 Å². The molecule has 0 spiro atoms. The maximum Gasteiger partial charge on any atom is 0.00249 e. The van der Waals surface area contributed by atoms with Crippen LogP contribution in [0.25, 0.3) is 0 Å². The Bertz CT molecular complexity index is 192. The minimum absolute atomic E-state index is 0.472. The zero-order valence-corrected chi connectivity index (χ0v) is 17.4. The maximum atomic E-state index is 4.68. The molecule has 0 aliphatic rings. The lowest BCUT2D eigenvalue weighted by Gasteiger charge is -2.17. The normalized spacial score (nSPS) is 17.7. The quantitative estimate of drug-likeness (QED) is 0.230. The van der Waals surface area contributed by atoms with Gasteiger partial charge < -0.3 is 0 Å². The van der Waals surface area contributed by atoms with Gasteiger partial charge in [0.1, 0.15) is 0 Å². The van der Waals surface area contributed by atoms with Crippen LogP contribution in [0.15, 0.2) is 0 Å². The van der Waals surface area contributed by atoms with E-state index in [1.165, 1.54) is 0 Å². The smallest absolute Gasteiger partial charge is 0.00249 e. The molecule has 0 heterocycles. The van der Waals surface area contributed by atoms with E-state index in [0.717, 1.165) is 62.9 Å². The summed E-state index contributed by atoms with van der Waals surface area (Å²) in [4.78, 5) is 0. The lowest BCUT2D eigenvalue weighted by atomic mass is 10.0. The second-order valence-electron chi connectivity index (χ2n) is 5.37. The second-order valence-corrected chi connectivity index (χ2v) is 9.19. The second kappa shape index (κ2) is 14.7. The Morgan fingerprint density at radius 1 is 0.400 bits per heavy atom. The van der Waals surface area contributed by atoms with Crippen molar-refractivity contribution in [3.05, 3.63) is 0 Å². The van der Waals surface area contributed by atoms with Gasteiger partial charge in [0.05, 0.1) is 0 Å². The fourth-order valence-corrected chi connectivity index (χ4v) is 4.21. The highest BCUT2D eigenvalue weighted by Gasteiger charge is 2.11. The molecule has 0 bridgehead atoms. The molecule has 0 nitrogen and oxygen atoms in total. The van der Waals surface area contributed by atoms with E-state index in [1.807, 2.05) is 0 Å². The zero-order valence-electron chi connectivity index (χ0n) is 12.1. The molecule has 0 aliphatic heterocycles. The fourth-order valence-electron chi connectivity index (χ4n) is 2.03. The Morgan fingerprint density at radius 2 is 0.600 bits per heavy atom. The molecule has 20 heavy (non-hydrogen) atoms. The first-order valence-corrected chi connectivity index (χ1v) is 10.8. The maximum absolute atomic E-state index is 4.68. The molecule has 0 fully saturated rings. The lowest BCUT2D eigenvalue weighted by Crippen LogP contribution is -2.10. The van der Waals surface area contributed by atoms with E-state index >= 15 is 0 Å². The topological polar surface area (TPSA) is 0 Å². The van der Waals surface area contributed by atoms with Gasteiger partial charge in [0.2, 0.25) is 0 Å². The van der Waals surface area contributed by atoms with Crippen LogP contribution in [-0.4, -0.2) is 32.5 Å². The molecule has 0 rings (SSSR count). The molecular formula is C14H30S6. The van der Waals surface area contributed by atoms with Crippen LogP contribution in [0.3, 0.4) is 0 Å². The predicted octanol–water partition coefficient (Wildman–Crippen LogP) is 5.16. The first-order valence-electron chi connectivity index (χ1n) is 7.43. The highest BCUT2D eigenvalue weighted by molar-refractivity contribution is 7.82. The molecule has 4 unspecified atom stereocenters. The number of hydrogen-bond donors (Lipinski definition) is 6. The summed E-state index contributed by atoms with van der Waals surface area (Å²) in [5.41, 5.74) is 0. The lowest BCUT2D eigenvalue weighted by molar-refractivity contribution is 0.577. The van der Waals surface area contributed by atoms with Gasteiger partial charge in [0.25, 0.3) is 0 Å². The van der Waals surface area contributed by atoms with Crippen molar-refractivity contribution < 1.29 is 0 Å². The molecule has 0 N–H and O–H groups in total. The average Bonchev–Trinajstić information content (AvgIpc) is 2.41. The highest BCUT2D eigenvalue weighted by Crippen LogP contribution is 2.22. The van der Waals surface area contributed by atoms with E-state index in [4.69, 9.17) is 0 Å². The van der Waals surface area contributed by atoms with Gasteiger partial charge in [-0.3, -0.25) is 0 Å². The molecule has 0 aliphatic carbocycles. The summed E-state index contributed by atoms with van der Waals surface area (Å²) in [6, 6.07) is 0. The minimum atomic E-state index is 0.472. The van der Waals surface area contributed by atoms with Gasteiger partial charge in [-0.05, 0) is 62.9 Å². The van der Waals surface area contributed by atoms with Crippen LogP contribution in [0.5, 0.6) is 0 Å². The largest absolute Gasteiger partial charge is 0.179 e. The van der Waals surface area contributed by atoms with E-state index in [-0.39, 0.29) is 0 Å². The minimum Gasteiger partial charge on any atom is -0.179 e. The third-order valence-electron chi connectivity index (χ3n) is 3.42. The zero-order chi connectivity index (χ0) is 15.4. The molecular weight excluding hydrogens is 361 g/mol. The van der Waals surface area contributed by atoms with Gasteiger partial charge >= 0.3 is 0 Å². The van der Waals surface area contributed by atoms with Crippen LogP contribution in [0, 0.1) is 0 Å². The summed E-state index contributed by atoms with van der Waals surface area (Å²) in [7, 11) is 0. The summed E-state index contributed by atoms with van der Waals surface area (Å²) < 4.78 is 0. The van der Waals surface area contributed by atoms with Gasteiger partial charge in [-0.2, -0.15) is 75.8 Å². The fraction of sp³-hybridized carbons (Fsp3) is 1.00. The molecule has 4 atom stereocenters. The third kappa shape index (κ3) is 13.7. The van der Waals surface area contributed by atoms with Crippen molar-refractivity contribution in [1.82, 2.24) is 0 Å². The van der Waals surface area contributed by atoms with Gasteiger partial charge in [-0.1, -0.05) is 0 Å². The molecule has 0 aromatic heterocycles.